The second-order valence-electron chi connectivity index (χ2n) is 8.23. The summed E-state index contributed by atoms with van der Waals surface area (Å²) in [5, 5.41) is 34.6. The SMILES string of the molecule is CC1(C)O[C@H](c2ccc(Cl)c(Cc3ccc4c(c3)NCCO4)c2)C[C@@H](O)C1(O)O. The fraction of sp³-hybridized carbons (Fsp3) is 0.455. The van der Waals surface area contributed by atoms with E-state index in [1.807, 2.05) is 30.3 Å². The van der Waals surface area contributed by atoms with E-state index in [0.717, 1.165) is 34.7 Å². The molecule has 2 aromatic carbocycles. The quantitative estimate of drug-likeness (QED) is 0.572. The van der Waals surface area contributed by atoms with Crippen LogP contribution < -0.4 is 10.1 Å². The number of aliphatic hydroxyl groups excluding tert-OH is 1. The first-order valence-electron chi connectivity index (χ1n) is 9.76. The van der Waals surface area contributed by atoms with Gasteiger partial charge in [0.05, 0.1) is 11.8 Å². The van der Waals surface area contributed by atoms with E-state index in [2.05, 4.69) is 11.4 Å². The van der Waals surface area contributed by atoms with E-state index < -0.39 is 23.6 Å². The molecular weight excluding hydrogens is 394 g/mol. The van der Waals surface area contributed by atoms with Crippen molar-refractivity contribution < 1.29 is 24.8 Å². The normalized spacial score (nSPS) is 24.9. The Morgan fingerprint density at radius 2 is 1.97 bits per heavy atom. The van der Waals surface area contributed by atoms with Gasteiger partial charge in [0, 0.05) is 18.0 Å². The molecule has 29 heavy (non-hydrogen) atoms. The minimum absolute atomic E-state index is 0.0810. The molecule has 6 nitrogen and oxygen atoms in total. The van der Waals surface area contributed by atoms with Gasteiger partial charge in [0.15, 0.2) is 0 Å². The Morgan fingerprint density at radius 3 is 2.72 bits per heavy atom. The summed E-state index contributed by atoms with van der Waals surface area (Å²) in [6.07, 6.45) is -1.08. The van der Waals surface area contributed by atoms with Crippen LogP contribution >= 0.6 is 11.6 Å². The highest BCUT2D eigenvalue weighted by molar-refractivity contribution is 6.31. The van der Waals surface area contributed by atoms with Crippen molar-refractivity contribution in [3.8, 4) is 5.75 Å². The van der Waals surface area contributed by atoms with Gasteiger partial charge in [0.2, 0.25) is 5.79 Å². The molecule has 2 aliphatic heterocycles. The van der Waals surface area contributed by atoms with Crippen LogP contribution in [-0.2, 0) is 11.2 Å². The van der Waals surface area contributed by atoms with E-state index >= 15 is 0 Å². The van der Waals surface area contributed by atoms with Gasteiger partial charge in [-0.1, -0.05) is 29.8 Å². The van der Waals surface area contributed by atoms with E-state index in [1.165, 1.54) is 0 Å². The monoisotopic (exact) mass is 419 g/mol. The second kappa shape index (κ2) is 7.45. The number of nitrogens with one attached hydrogen (secondary N) is 1. The average molecular weight is 420 g/mol. The molecule has 7 heteroatoms. The van der Waals surface area contributed by atoms with Crippen molar-refractivity contribution >= 4 is 17.3 Å². The van der Waals surface area contributed by atoms with Crippen LogP contribution in [0.5, 0.6) is 5.75 Å². The lowest BCUT2D eigenvalue weighted by Crippen LogP contribution is -2.63. The van der Waals surface area contributed by atoms with E-state index in [1.54, 1.807) is 13.8 Å². The van der Waals surface area contributed by atoms with Crippen molar-refractivity contribution in [1.82, 2.24) is 0 Å². The Kier molecular flexibility index (Phi) is 5.25. The van der Waals surface area contributed by atoms with Crippen molar-refractivity contribution in [2.24, 2.45) is 0 Å². The van der Waals surface area contributed by atoms with Crippen molar-refractivity contribution in [3.05, 3.63) is 58.1 Å². The molecule has 0 aliphatic carbocycles. The van der Waals surface area contributed by atoms with Gasteiger partial charge in [0.1, 0.15) is 24.1 Å². The summed E-state index contributed by atoms with van der Waals surface area (Å²) >= 11 is 6.45. The molecule has 0 radical (unpaired) electrons. The van der Waals surface area contributed by atoms with Crippen LogP contribution in [0.15, 0.2) is 36.4 Å². The molecule has 1 fully saturated rings. The van der Waals surface area contributed by atoms with Gasteiger partial charge in [-0.25, -0.2) is 0 Å². The van der Waals surface area contributed by atoms with E-state index in [9.17, 15) is 15.3 Å². The summed E-state index contributed by atoms with van der Waals surface area (Å²) in [6.45, 7) is 4.55. The van der Waals surface area contributed by atoms with Gasteiger partial charge in [-0.15, -0.1) is 0 Å². The summed E-state index contributed by atoms with van der Waals surface area (Å²) < 4.78 is 11.6. The number of ether oxygens (including phenoxy) is 2. The maximum Gasteiger partial charge on any atom is 0.219 e. The van der Waals surface area contributed by atoms with Crippen LogP contribution in [0.3, 0.4) is 0 Å². The highest BCUT2D eigenvalue weighted by atomic mass is 35.5. The first kappa shape index (κ1) is 20.4. The summed E-state index contributed by atoms with van der Waals surface area (Å²) in [5.41, 5.74) is 2.52. The van der Waals surface area contributed by atoms with Crippen molar-refractivity contribution in [2.45, 2.75) is 50.3 Å². The standard InChI is InChI=1S/C22H26ClNO5/c1-21(2)22(26,27)20(25)12-19(29-21)14-4-5-16(23)15(11-14)9-13-3-6-18-17(10-13)24-7-8-28-18/h3-6,10-11,19-20,24-27H,7-9,12H2,1-2H3/t19-,20+/m0/s1. The zero-order chi connectivity index (χ0) is 20.8. The zero-order valence-electron chi connectivity index (χ0n) is 16.5. The molecular formula is C22H26ClNO5. The molecule has 1 saturated heterocycles. The lowest BCUT2D eigenvalue weighted by molar-refractivity contribution is -0.357. The van der Waals surface area contributed by atoms with Crippen molar-refractivity contribution in [1.29, 1.82) is 0 Å². The molecule has 2 aliphatic rings. The number of hydrogen-bond donors (Lipinski definition) is 4. The minimum Gasteiger partial charge on any atom is -0.490 e. The Labute approximate surface area is 175 Å². The van der Waals surface area contributed by atoms with Crippen LogP contribution in [0.4, 0.5) is 5.69 Å². The molecule has 0 aromatic heterocycles. The minimum atomic E-state index is -2.31. The predicted octanol–water partition coefficient (Wildman–Crippen LogP) is 3.02. The van der Waals surface area contributed by atoms with Crippen LogP contribution in [0, 0.1) is 0 Å². The fourth-order valence-corrected chi connectivity index (χ4v) is 4.10. The van der Waals surface area contributed by atoms with Gasteiger partial charge < -0.3 is 30.1 Å². The number of fused-ring (bicyclic) bond motifs is 1. The molecule has 0 unspecified atom stereocenters. The number of hydrogen-bond acceptors (Lipinski definition) is 6. The third-order valence-corrected chi connectivity index (χ3v) is 6.15. The third-order valence-electron chi connectivity index (χ3n) is 5.78. The Hall–Kier alpha value is -1.83. The van der Waals surface area contributed by atoms with Gasteiger partial charge in [-0.05, 0) is 55.2 Å². The van der Waals surface area contributed by atoms with Crippen LogP contribution in [0.25, 0.3) is 0 Å². The number of halogens is 1. The summed E-state index contributed by atoms with van der Waals surface area (Å²) in [5.74, 6) is -1.46. The molecule has 4 N–H and O–H groups in total. The molecule has 4 rings (SSSR count). The largest absolute Gasteiger partial charge is 0.490 e. The second-order valence-corrected chi connectivity index (χ2v) is 8.64. The molecule has 0 saturated carbocycles. The highest BCUT2D eigenvalue weighted by Crippen LogP contribution is 2.42. The topological polar surface area (TPSA) is 91.2 Å². The van der Waals surface area contributed by atoms with Crippen molar-refractivity contribution in [2.75, 3.05) is 18.5 Å². The summed E-state index contributed by atoms with van der Waals surface area (Å²) in [4.78, 5) is 0. The van der Waals surface area contributed by atoms with E-state index in [-0.39, 0.29) is 6.42 Å². The molecule has 2 aromatic rings. The Bertz CT molecular complexity index is 914. The van der Waals surface area contributed by atoms with Gasteiger partial charge in [0.25, 0.3) is 0 Å². The molecule has 2 atom stereocenters. The average Bonchev–Trinajstić information content (AvgIpc) is 2.67. The summed E-state index contributed by atoms with van der Waals surface area (Å²) in [7, 11) is 0. The van der Waals surface area contributed by atoms with E-state index in [0.29, 0.717) is 18.1 Å². The molecule has 0 spiro atoms. The third kappa shape index (κ3) is 3.83. The summed E-state index contributed by atoms with van der Waals surface area (Å²) in [6, 6.07) is 11.7. The first-order valence-corrected chi connectivity index (χ1v) is 10.1. The van der Waals surface area contributed by atoms with Gasteiger partial charge >= 0.3 is 0 Å². The van der Waals surface area contributed by atoms with Gasteiger partial charge in [-0.3, -0.25) is 0 Å². The Balaban J connectivity index is 1.58. The van der Waals surface area contributed by atoms with Crippen LogP contribution in [-0.4, -0.2) is 46.0 Å². The molecule has 0 amide bonds. The maximum absolute atomic E-state index is 10.3. The number of benzene rings is 2. The Morgan fingerprint density at radius 1 is 1.17 bits per heavy atom. The van der Waals surface area contributed by atoms with Crippen LogP contribution in [0.2, 0.25) is 5.02 Å². The lowest BCUT2D eigenvalue weighted by atomic mass is 9.83. The van der Waals surface area contributed by atoms with Crippen molar-refractivity contribution in [3.63, 3.8) is 0 Å². The predicted molar refractivity (Wildman–Crippen MR) is 110 cm³/mol. The van der Waals surface area contributed by atoms with Gasteiger partial charge in [-0.2, -0.15) is 0 Å². The molecule has 2 heterocycles. The lowest BCUT2D eigenvalue weighted by Gasteiger charge is -2.48. The van der Waals surface area contributed by atoms with Crippen LogP contribution in [0.1, 0.15) is 43.1 Å². The number of anilines is 1. The molecule has 0 bridgehead atoms. The highest BCUT2D eigenvalue weighted by Gasteiger charge is 2.54. The fourth-order valence-electron chi connectivity index (χ4n) is 3.91. The maximum atomic E-state index is 10.3. The van der Waals surface area contributed by atoms with E-state index in [4.69, 9.17) is 21.1 Å². The smallest absolute Gasteiger partial charge is 0.219 e. The first-order chi connectivity index (χ1) is 13.7. The molecule has 156 valence electrons. The number of rotatable bonds is 3. The zero-order valence-corrected chi connectivity index (χ0v) is 17.2. The number of aliphatic hydroxyl groups is 3.